The zero-order valence-electron chi connectivity index (χ0n) is 14.7. The van der Waals surface area contributed by atoms with Crippen molar-refractivity contribution in [3.63, 3.8) is 0 Å². The van der Waals surface area contributed by atoms with Crippen molar-refractivity contribution in [2.45, 2.75) is 0 Å². The molecule has 2 aromatic rings. The van der Waals surface area contributed by atoms with Gasteiger partial charge in [0, 0.05) is 43.8 Å². The van der Waals surface area contributed by atoms with Crippen LogP contribution in [0.1, 0.15) is 0 Å². The number of halogens is 1. The van der Waals surface area contributed by atoms with E-state index in [-0.39, 0.29) is 5.57 Å². The molecule has 1 fully saturated rings. The summed E-state index contributed by atoms with van der Waals surface area (Å²) in [6.45, 7) is 3.11. The molecule has 7 heteroatoms. The van der Waals surface area contributed by atoms with E-state index in [1.165, 1.54) is 5.69 Å². The second-order valence-electron chi connectivity index (χ2n) is 6.21. The van der Waals surface area contributed by atoms with Crippen LogP contribution in [0.3, 0.4) is 0 Å². The van der Waals surface area contributed by atoms with E-state index in [0.717, 1.165) is 26.2 Å². The van der Waals surface area contributed by atoms with E-state index in [4.69, 9.17) is 17.3 Å². The van der Waals surface area contributed by atoms with E-state index in [1.807, 2.05) is 29.2 Å². The number of benzene rings is 2. The first-order valence-corrected chi connectivity index (χ1v) is 8.97. The van der Waals surface area contributed by atoms with Crippen LogP contribution in [-0.2, 0) is 4.79 Å². The molecule has 0 bridgehead atoms. The minimum absolute atomic E-state index is 0.0380. The molecular formula is C20H20ClN5O. The highest BCUT2D eigenvalue weighted by atomic mass is 35.5. The molecule has 1 aliphatic heterocycles. The Balaban J connectivity index is 1.63. The summed E-state index contributed by atoms with van der Waals surface area (Å²) >= 11 is 6.07. The predicted octanol–water partition coefficient (Wildman–Crippen LogP) is 3.09. The Labute approximate surface area is 163 Å². The van der Waals surface area contributed by atoms with E-state index < -0.39 is 5.91 Å². The van der Waals surface area contributed by atoms with Crippen LogP contribution in [0.4, 0.5) is 17.1 Å². The Hall–Kier alpha value is -3.17. The first kappa shape index (κ1) is 18.6. The van der Waals surface area contributed by atoms with Crippen molar-refractivity contribution in [3.05, 3.63) is 65.3 Å². The number of nitrogens with two attached hydrogens (primary N) is 1. The van der Waals surface area contributed by atoms with Gasteiger partial charge in [-0.05, 0) is 30.3 Å². The minimum atomic E-state index is -0.491. The molecule has 1 aliphatic rings. The second-order valence-corrected chi connectivity index (χ2v) is 6.61. The third kappa shape index (κ3) is 4.72. The summed E-state index contributed by atoms with van der Waals surface area (Å²) in [5, 5.41) is 12.4. The molecule has 138 valence electrons. The molecule has 2 aromatic carbocycles. The van der Waals surface area contributed by atoms with Crippen LogP contribution in [0.2, 0.25) is 5.02 Å². The van der Waals surface area contributed by atoms with Gasteiger partial charge in [0.2, 0.25) is 0 Å². The van der Waals surface area contributed by atoms with Gasteiger partial charge in [0.05, 0.1) is 10.7 Å². The Morgan fingerprint density at radius 3 is 2.48 bits per heavy atom. The molecule has 0 spiro atoms. The topological polar surface area (TPSA) is 85.4 Å². The summed E-state index contributed by atoms with van der Waals surface area (Å²) in [5.41, 5.74) is 7.79. The quantitative estimate of drug-likeness (QED) is 0.483. The van der Waals surface area contributed by atoms with E-state index in [1.54, 1.807) is 24.4 Å². The van der Waals surface area contributed by atoms with Gasteiger partial charge in [0.1, 0.15) is 11.6 Å². The van der Waals surface area contributed by atoms with Crippen LogP contribution in [0.15, 0.2) is 60.3 Å². The Morgan fingerprint density at radius 1 is 1.15 bits per heavy atom. The van der Waals surface area contributed by atoms with Gasteiger partial charge in [0.15, 0.2) is 0 Å². The van der Waals surface area contributed by atoms with Crippen LogP contribution >= 0.6 is 11.6 Å². The van der Waals surface area contributed by atoms with Gasteiger partial charge in [0.25, 0.3) is 5.91 Å². The Bertz CT molecular complexity index is 883. The summed E-state index contributed by atoms with van der Waals surface area (Å²) in [6, 6.07) is 17.0. The highest BCUT2D eigenvalue weighted by Gasteiger charge is 2.18. The molecule has 0 aromatic heterocycles. The number of piperazine rings is 1. The lowest BCUT2D eigenvalue weighted by molar-refractivity contribution is -0.112. The molecule has 0 radical (unpaired) electrons. The summed E-state index contributed by atoms with van der Waals surface area (Å²) in [6.07, 6.45) is 1.61. The number of hydrogen-bond donors (Lipinski definition) is 2. The average Bonchev–Trinajstić information content (AvgIpc) is 2.69. The third-order valence-electron chi connectivity index (χ3n) is 4.35. The van der Waals surface area contributed by atoms with Gasteiger partial charge in [-0.1, -0.05) is 29.8 Å². The Kier molecular flexibility index (Phi) is 5.84. The molecule has 1 amide bonds. The number of nitrogen functional groups attached to an aromatic ring is 1. The summed E-state index contributed by atoms with van der Waals surface area (Å²) < 4.78 is 0. The molecule has 0 saturated carbocycles. The molecule has 1 saturated heterocycles. The van der Waals surface area contributed by atoms with Crippen LogP contribution in [0.25, 0.3) is 0 Å². The number of nitrogens with zero attached hydrogens (tertiary/aromatic N) is 3. The van der Waals surface area contributed by atoms with Gasteiger partial charge in [-0.25, -0.2) is 0 Å². The van der Waals surface area contributed by atoms with Crippen molar-refractivity contribution in [1.82, 2.24) is 4.90 Å². The van der Waals surface area contributed by atoms with Crippen molar-refractivity contribution in [3.8, 4) is 6.07 Å². The molecule has 3 rings (SSSR count). The van der Waals surface area contributed by atoms with E-state index in [2.05, 4.69) is 22.3 Å². The van der Waals surface area contributed by atoms with Gasteiger partial charge >= 0.3 is 0 Å². The first-order valence-electron chi connectivity index (χ1n) is 8.59. The largest absolute Gasteiger partial charge is 0.399 e. The highest BCUT2D eigenvalue weighted by molar-refractivity contribution is 6.34. The van der Waals surface area contributed by atoms with Crippen LogP contribution < -0.4 is 16.0 Å². The lowest BCUT2D eigenvalue weighted by Crippen LogP contribution is -2.44. The summed E-state index contributed by atoms with van der Waals surface area (Å²) in [7, 11) is 0. The number of para-hydroxylation sites is 1. The lowest BCUT2D eigenvalue weighted by Gasteiger charge is -2.35. The minimum Gasteiger partial charge on any atom is -0.399 e. The third-order valence-corrected chi connectivity index (χ3v) is 4.67. The molecule has 0 aliphatic carbocycles. The zero-order chi connectivity index (χ0) is 19.2. The van der Waals surface area contributed by atoms with Crippen LogP contribution in [-0.4, -0.2) is 37.0 Å². The summed E-state index contributed by atoms with van der Waals surface area (Å²) in [4.78, 5) is 16.7. The summed E-state index contributed by atoms with van der Waals surface area (Å²) in [5.74, 6) is -0.491. The molecule has 0 unspecified atom stereocenters. The average molecular weight is 382 g/mol. The Morgan fingerprint density at radius 2 is 1.85 bits per heavy atom. The maximum absolute atomic E-state index is 12.4. The van der Waals surface area contributed by atoms with Gasteiger partial charge < -0.3 is 20.9 Å². The van der Waals surface area contributed by atoms with Crippen LogP contribution in [0.5, 0.6) is 0 Å². The number of carbonyl (C=O) groups excluding carboxylic acids is 1. The van der Waals surface area contributed by atoms with Gasteiger partial charge in [-0.15, -0.1) is 0 Å². The number of nitriles is 1. The molecule has 3 N–H and O–H groups in total. The fourth-order valence-corrected chi connectivity index (χ4v) is 3.13. The molecular weight excluding hydrogens is 362 g/mol. The van der Waals surface area contributed by atoms with Crippen molar-refractivity contribution in [2.75, 3.05) is 42.1 Å². The standard InChI is InChI=1S/C20H20ClN5O/c21-18-12-16(23)6-7-19(18)24-20(27)15(13-22)14-25-8-10-26(11-9-25)17-4-2-1-3-5-17/h1-7,12,14H,8-11,23H2,(H,24,27)/b15-14-. The molecule has 27 heavy (non-hydrogen) atoms. The normalized spacial score (nSPS) is 14.6. The van der Waals surface area contributed by atoms with E-state index in [0.29, 0.717) is 16.4 Å². The van der Waals surface area contributed by atoms with E-state index >= 15 is 0 Å². The number of amides is 1. The molecule has 1 heterocycles. The van der Waals surface area contributed by atoms with Crippen molar-refractivity contribution in [1.29, 1.82) is 5.26 Å². The van der Waals surface area contributed by atoms with Gasteiger partial charge in [-0.3, -0.25) is 4.79 Å². The van der Waals surface area contributed by atoms with Crippen molar-refractivity contribution >= 4 is 34.6 Å². The second kappa shape index (κ2) is 8.47. The maximum Gasteiger partial charge on any atom is 0.267 e. The zero-order valence-corrected chi connectivity index (χ0v) is 15.5. The van der Waals surface area contributed by atoms with Gasteiger partial charge in [-0.2, -0.15) is 5.26 Å². The van der Waals surface area contributed by atoms with Crippen LogP contribution in [0, 0.1) is 11.3 Å². The fraction of sp³-hybridized carbons (Fsp3) is 0.200. The number of carbonyl (C=O) groups is 1. The molecule has 6 nitrogen and oxygen atoms in total. The maximum atomic E-state index is 12.4. The number of anilines is 3. The SMILES string of the molecule is N#C/C(=C/N1CCN(c2ccccc2)CC1)C(=O)Nc1ccc(N)cc1Cl. The number of rotatable bonds is 4. The van der Waals surface area contributed by atoms with Crippen molar-refractivity contribution in [2.24, 2.45) is 0 Å². The molecule has 0 atom stereocenters. The fourth-order valence-electron chi connectivity index (χ4n) is 2.89. The first-order chi connectivity index (χ1) is 13.1. The lowest BCUT2D eigenvalue weighted by atomic mass is 10.2. The highest BCUT2D eigenvalue weighted by Crippen LogP contribution is 2.24. The van der Waals surface area contributed by atoms with E-state index in [9.17, 15) is 10.1 Å². The monoisotopic (exact) mass is 381 g/mol. The number of nitrogens with one attached hydrogen (secondary N) is 1. The predicted molar refractivity (Wildman–Crippen MR) is 108 cm³/mol. The smallest absolute Gasteiger partial charge is 0.267 e. The number of hydrogen-bond acceptors (Lipinski definition) is 5. The van der Waals surface area contributed by atoms with Crippen molar-refractivity contribution < 1.29 is 4.79 Å².